The van der Waals surface area contributed by atoms with Gasteiger partial charge in [0.05, 0.1) is 5.69 Å². The number of para-hydroxylation sites is 2. The van der Waals surface area contributed by atoms with Crippen molar-refractivity contribution in [1.29, 1.82) is 0 Å². The molecule has 0 aliphatic carbocycles. The molecule has 0 saturated heterocycles. The van der Waals surface area contributed by atoms with Gasteiger partial charge in [-0.25, -0.2) is 4.98 Å². The molecule has 0 atom stereocenters. The maximum atomic E-state index is 9.82. The topological polar surface area (TPSA) is 38.0 Å². The monoisotopic (exact) mass is 216 g/mol. The van der Waals surface area contributed by atoms with Crippen molar-refractivity contribution in [3.05, 3.63) is 42.5 Å². The van der Waals surface area contributed by atoms with E-state index in [2.05, 4.69) is 25.8 Å². The Kier molecular flexibility index (Phi) is 2.46. The highest BCUT2D eigenvalue weighted by atomic mass is 16.3. The van der Waals surface area contributed by atoms with Gasteiger partial charge in [-0.2, -0.15) is 0 Å². The molecular weight excluding hydrogens is 200 g/mol. The lowest BCUT2D eigenvalue weighted by Crippen LogP contribution is -2.18. The molecule has 1 N–H and O–H groups in total. The predicted molar refractivity (Wildman–Crippen MR) is 63.9 cm³/mol. The maximum absolute atomic E-state index is 9.82. The van der Waals surface area contributed by atoms with E-state index in [1.165, 1.54) is 0 Å². The van der Waals surface area contributed by atoms with Crippen LogP contribution in [0.25, 0.3) is 5.69 Å². The van der Waals surface area contributed by atoms with Gasteiger partial charge in [0.25, 0.3) is 0 Å². The van der Waals surface area contributed by atoms with Gasteiger partial charge in [0, 0.05) is 17.8 Å². The van der Waals surface area contributed by atoms with Gasteiger partial charge < -0.3 is 5.11 Å². The van der Waals surface area contributed by atoms with Crippen molar-refractivity contribution in [3.8, 4) is 11.4 Å². The van der Waals surface area contributed by atoms with Gasteiger partial charge in [0.15, 0.2) is 0 Å². The molecule has 2 rings (SSSR count). The molecular formula is C13H16N2O. The predicted octanol–water partition coefficient (Wildman–Crippen LogP) is 2.88. The molecule has 0 fully saturated rings. The molecule has 0 spiro atoms. The Hall–Kier alpha value is -1.77. The summed E-state index contributed by atoms with van der Waals surface area (Å²) in [6, 6.07) is 7.28. The summed E-state index contributed by atoms with van der Waals surface area (Å²) in [6.07, 6.45) is 3.63. The van der Waals surface area contributed by atoms with Crippen LogP contribution in [-0.2, 0) is 5.41 Å². The van der Waals surface area contributed by atoms with Crippen LogP contribution >= 0.6 is 0 Å². The van der Waals surface area contributed by atoms with Crippen LogP contribution in [0.5, 0.6) is 5.75 Å². The molecule has 2 aromatic rings. The molecule has 3 heteroatoms. The second-order valence-corrected chi connectivity index (χ2v) is 4.86. The van der Waals surface area contributed by atoms with E-state index in [-0.39, 0.29) is 11.2 Å². The zero-order chi connectivity index (χ0) is 11.8. The molecule has 0 radical (unpaired) electrons. The minimum atomic E-state index is -0.0498. The molecule has 1 aromatic carbocycles. The Balaban J connectivity index is 2.58. The van der Waals surface area contributed by atoms with Crippen LogP contribution < -0.4 is 0 Å². The van der Waals surface area contributed by atoms with Crippen LogP contribution in [0.3, 0.4) is 0 Å². The van der Waals surface area contributed by atoms with Crippen molar-refractivity contribution in [1.82, 2.24) is 9.55 Å². The van der Waals surface area contributed by atoms with E-state index in [0.717, 1.165) is 11.5 Å². The number of nitrogens with zero attached hydrogens (tertiary/aromatic N) is 2. The first kappa shape index (κ1) is 10.7. The highest BCUT2D eigenvalue weighted by Crippen LogP contribution is 2.27. The Morgan fingerprint density at radius 2 is 1.88 bits per heavy atom. The maximum Gasteiger partial charge on any atom is 0.139 e. The van der Waals surface area contributed by atoms with E-state index in [4.69, 9.17) is 0 Å². The molecule has 16 heavy (non-hydrogen) atoms. The third kappa shape index (κ3) is 1.81. The lowest BCUT2D eigenvalue weighted by molar-refractivity contribution is 0.468. The molecule has 0 amide bonds. The number of phenolic OH excluding ortho intramolecular Hbond substituents is 1. The van der Waals surface area contributed by atoms with Crippen molar-refractivity contribution >= 4 is 0 Å². The summed E-state index contributed by atoms with van der Waals surface area (Å²) in [5.41, 5.74) is 0.719. The zero-order valence-corrected chi connectivity index (χ0v) is 9.81. The summed E-state index contributed by atoms with van der Waals surface area (Å²) in [6.45, 7) is 6.31. The summed E-state index contributed by atoms with van der Waals surface area (Å²) < 4.78 is 1.93. The Bertz CT molecular complexity index is 495. The van der Waals surface area contributed by atoms with Gasteiger partial charge in [-0.05, 0) is 12.1 Å². The average molecular weight is 216 g/mol. The van der Waals surface area contributed by atoms with Crippen LogP contribution in [-0.4, -0.2) is 14.7 Å². The highest BCUT2D eigenvalue weighted by molar-refractivity contribution is 5.46. The lowest BCUT2D eigenvalue weighted by atomic mass is 9.95. The van der Waals surface area contributed by atoms with E-state index >= 15 is 0 Å². The van der Waals surface area contributed by atoms with E-state index in [1.54, 1.807) is 12.3 Å². The second kappa shape index (κ2) is 3.67. The fraction of sp³-hybridized carbons (Fsp3) is 0.308. The van der Waals surface area contributed by atoms with E-state index in [0.29, 0.717) is 0 Å². The normalized spacial score (nSPS) is 11.7. The van der Waals surface area contributed by atoms with Gasteiger partial charge in [-0.15, -0.1) is 0 Å². The number of rotatable bonds is 1. The highest BCUT2D eigenvalue weighted by Gasteiger charge is 2.21. The minimum Gasteiger partial charge on any atom is -0.506 e. The molecule has 0 saturated carbocycles. The van der Waals surface area contributed by atoms with Crippen LogP contribution in [0.1, 0.15) is 26.6 Å². The quantitative estimate of drug-likeness (QED) is 0.796. The van der Waals surface area contributed by atoms with Gasteiger partial charge in [-0.3, -0.25) is 4.57 Å². The van der Waals surface area contributed by atoms with Crippen molar-refractivity contribution in [3.63, 3.8) is 0 Å². The number of benzene rings is 1. The zero-order valence-electron chi connectivity index (χ0n) is 9.81. The van der Waals surface area contributed by atoms with Crippen LogP contribution in [0, 0.1) is 0 Å². The van der Waals surface area contributed by atoms with Gasteiger partial charge in [0.2, 0.25) is 0 Å². The van der Waals surface area contributed by atoms with Crippen LogP contribution in [0.2, 0.25) is 0 Å². The fourth-order valence-electron chi connectivity index (χ4n) is 1.72. The average Bonchev–Trinajstić information content (AvgIpc) is 2.66. The summed E-state index contributed by atoms with van der Waals surface area (Å²) in [4.78, 5) is 4.36. The van der Waals surface area contributed by atoms with Crippen molar-refractivity contribution < 1.29 is 5.11 Å². The van der Waals surface area contributed by atoms with Crippen molar-refractivity contribution in [2.45, 2.75) is 26.2 Å². The number of imidazole rings is 1. The molecule has 84 valence electrons. The van der Waals surface area contributed by atoms with E-state index < -0.39 is 0 Å². The largest absolute Gasteiger partial charge is 0.506 e. The smallest absolute Gasteiger partial charge is 0.139 e. The Labute approximate surface area is 95.4 Å². The summed E-state index contributed by atoms with van der Waals surface area (Å²) in [5, 5.41) is 9.82. The summed E-state index contributed by atoms with van der Waals surface area (Å²) in [5.74, 6) is 1.21. The van der Waals surface area contributed by atoms with Gasteiger partial charge >= 0.3 is 0 Å². The number of hydrogen-bond acceptors (Lipinski definition) is 2. The van der Waals surface area contributed by atoms with E-state index in [9.17, 15) is 5.11 Å². The first-order chi connectivity index (χ1) is 7.50. The first-order valence-corrected chi connectivity index (χ1v) is 5.32. The van der Waals surface area contributed by atoms with Gasteiger partial charge in [-0.1, -0.05) is 32.9 Å². The van der Waals surface area contributed by atoms with Crippen LogP contribution in [0.4, 0.5) is 0 Å². The lowest BCUT2D eigenvalue weighted by Gasteiger charge is -2.20. The Morgan fingerprint density at radius 3 is 2.50 bits per heavy atom. The first-order valence-electron chi connectivity index (χ1n) is 5.32. The second-order valence-electron chi connectivity index (χ2n) is 4.86. The van der Waals surface area contributed by atoms with Gasteiger partial charge in [0.1, 0.15) is 11.6 Å². The molecule has 3 nitrogen and oxygen atoms in total. The SMILES string of the molecule is CC(C)(C)c1nccn1-c1ccccc1O. The molecule has 0 aliphatic rings. The molecule has 0 bridgehead atoms. The van der Waals surface area contributed by atoms with E-state index in [1.807, 2.05) is 29.0 Å². The van der Waals surface area contributed by atoms with Crippen LogP contribution in [0.15, 0.2) is 36.7 Å². The minimum absolute atomic E-state index is 0.0498. The number of phenols is 1. The fourth-order valence-corrected chi connectivity index (χ4v) is 1.72. The summed E-state index contributed by atoms with van der Waals surface area (Å²) in [7, 11) is 0. The molecule has 0 unspecified atom stereocenters. The molecule has 1 heterocycles. The summed E-state index contributed by atoms with van der Waals surface area (Å²) >= 11 is 0. The van der Waals surface area contributed by atoms with Crippen molar-refractivity contribution in [2.75, 3.05) is 0 Å². The number of hydrogen-bond donors (Lipinski definition) is 1. The Morgan fingerprint density at radius 1 is 1.19 bits per heavy atom. The standard InChI is InChI=1S/C13H16N2O/c1-13(2,3)12-14-8-9-15(12)10-6-4-5-7-11(10)16/h4-9,16H,1-3H3. The molecule has 1 aromatic heterocycles. The number of aromatic hydroxyl groups is 1. The number of aromatic nitrogens is 2. The molecule has 0 aliphatic heterocycles. The third-order valence-corrected chi connectivity index (χ3v) is 2.45. The third-order valence-electron chi connectivity index (χ3n) is 2.45. The van der Waals surface area contributed by atoms with Crippen molar-refractivity contribution in [2.24, 2.45) is 0 Å².